The number of phenols is 1. The lowest BCUT2D eigenvalue weighted by molar-refractivity contribution is -0.131. The predicted molar refractivity (Wildman–Crippen MR) is 195 cm³/mol. The second kappa shape index (κ2) is 28.2. The van der Waals surface area contributed by atoms with E-state index in [2.05, 4.69) is 22.9 Å². The molecule has 51 heavy (non-hydrogen) atoms. The summed E-state index contributed by atoms with van der Waals surface area (Å²) in [6.07, 6.45) is 9.60. The average molecular weight is 722 g/mol. The molecule has 0 aromatic heterocycles. The van der Waals surface area contributed by atoms with Crippen LogP contribution in [-0.2, 0) is 44.6 Å². The van der Waals surface area contributed by atoms with Gasteiger partial charge in [0.25, 0.3) is 0 Å². The molecule has 1 unspecified atom stereocenters. The second-order valence-corrected chi connectivity index (χ2v) is 12.9. The summed E-state index contributed by atoms with van der Waals surface area (Å²) in [6.45, 7) is 5.24. The second-order valence-electron chi connectivity index (χ2n) is 12.9. The van der Waals surface area contributed by atoms with Gasteiger partial charge in [0.1, 0.15) is 18.4 Å². The molecule has 0 heterocycles. The van der Waals surface area contributed by atoms with E-state index in [4.69, 9.17) is 25.7 Å². The van der Waals surface area contributed by atoms with Crippen molar-refractivity contribution >= 4 is 29.3 Å². The summed E-state index contributed by atoms with van der Waals surface area (Å²) in [5, 5.41) is 18.0. The Labute approximate surface area is 303 Å². The quantitative estimate of drug-likeness (QED) is 0.0592. The number of phenolic OH excluding ortho intramolecular Hbond substituents is 1. The molecule has 1 aromatic carbocycles. The lowest BCUT2D eigenvalue weighted by Gasteiger charge is -2.23. The van der Waals surface area contributed by atoms with Crippen molar-refractivity contribution in [3.63, 3.8) is 0 Å². The third-order valence-electron chi connectivity index (χ3n) is 8.44. The number of nitrogens with two attached hydrogens (primary N) is 2. The Kier molecular flexibility index (Phi) is 25.2. The monoisotopic (exact) mass is 721 g/mol. The molecule has 3 amide bonds. The molecule has 0 aliphatic rings. The highest BCUT2D eigenvalue weighted by Gasteiger charge is 2.27. The van der Waals surface area contributed by atoms with Crippen LogP contribution < -0.4 is 27.4 Å². The first-order chi connectivity index (χ1) is 24.5. The van der Waals surface area contributed by atoms with Gasteiger partial charge in [-0.05, 0) is 43.9 Å². The number of carbonyl (C=O) groups is 5. The van der Waals surface area contributed by atoms with Gasteiger partial charge in [-0.2, -0.15) is 0 Å². The van der Waals surface area contributed by atoms with Crippen LogP contribution >= 0.6 is 0 Å². The highest BCUT2D eigenvalue weighted by molar-refractivity contribution is 5.94. The number of benzene rings is 1. The van der Waals surface area contributed by atoms with Crippen LogP contribution in [0, 0.1) is 0 Å². The SMILES string of the molecule is CCCCCCCCC(NCC(=O)[C@@H](C)NC(=O)[C@H](Cc1ccc(O)cc1)NC(=O)[C@@H](N)CCCCCC(=O)COCCOCCOC)C(N)=O. The zero-order valence-corrected chi connectivity index (χ0v) is 30.9. The van der Waals surface area contributed by atoms with Gasteiger partial charge in [0.05, 0.1) is 51.1 Å². The van der Waals surface area contributed by atoms with Crippen LogP contribution in [0.15, 0.2) is 24.3 Å². The van der Waals surface area contributed by atoms with E-state index in [1.165, 1.54) is 25.5 Å². The van der Waals surface area contributed by atoms with Crippen molar-refractivity contribution in [3.8, 4) is 5.75 Å². The fourth-order valence-electron chi connectivity index (χ4n) is 5.22. The molecule has 0 fully saturated rings. The maximum Gasteiger partial charge on any atom is 0.243 e. The number of nitrogens with one attached hydrogen (secondary N) is 3. The van der Waals surface area contributed by atoms with E-state index in [1.807, 2.05) is 0 Å². The van der Waals surface area contributed by atoms with E-state index in [0.29, 0.717) is 70.5 Å². The molecule has 8 N–H and O–H groups in total. The summed E-state index contributed by atoms with van der Waals surface area (Å²) in [7, 11) is 1.59. The highest BCUT2D eigenvalue weighted by atomic mass is 16.5. The van der Waals surface area contributed by atoms with Gasteiger partial charge in [-0.25, -0.2) is 0 Å². The van der Waals surface area contributed by atoms with Crippen molar-refractivity contribution in [2.24, 2.45) is 11.5 Å². The number of hydrogen-bond acceptors (Lipinski definition) is 11. The molecule has 14 heteroatoms. The van der Waals surface area contributed by atoms with Crippen LogP contribution in [0.4, 0.5) is 0 Å². The topological polar surface area (TPSA) is 221 Å². The maximum absolute atomic E-state index is 13.4. The molecule has 0 radical (unpaired) electrons. The van der Waals surface area contributed by atoms with E-state index in [-0.39, 0.29) is 36.9 Å². The van der Waals surface area contributed by atoms with Crippen LogP contribution in [-0.4, -0.2) is 105 Å². The molecule has 4 atom stereocenters. The zero-order valence-electron chi connectivity index (χ0n) is 30.9. The molecule has 0 bridgehead atoms. The largest absolute Gasteiger partial charge is 0.508 e. The summed E-state index contributed by atoms with van der Waals surface area (Å²) in [5.74, 6) is -1.94. The number of hydrogen-bond donors (Lipinski definition) is 6. The van der Waals surface area contributed by atoms with E-state index in [9.17, 15) is 29.1 Å². The van der Waals surface area contributed by atoms with Gasteiger partial charge in [-0.15, -0.1) is 0 Å². The van der Waals surface area contributed by atoms with Gasteiger partial charge >= 0.3 is 0 Å². The van der Waals surface area contributed by atoms with E-state index in [0.717, 1.165) is 32.1 Å². The first kappa shape index (κ1) is 45.6. The fourth-order valence-corrected chi connectivity index (χ4v) is 5.22. The number of methoxy groups -OCH3 is 1. The summed E-state index contributed by atoms with van der Waals surface area (Å²) in [6, 6.07) is 2.72. The Morgan fingerprint density at radius 3 is 2.10 bits per heavy atom. The Morgan fingerprint density at radius 2 is 1.41 bits per heavy atom. The minimum absolute atomic E-state index is 0.0126. The Hall–Kier alpha value is -3.43. The number of rotatable bonds is 32. The molecule has 0 saturated heterocycles. The van der Waals surface area contributed by atoms with Crippen molar-refractivity contribution < 1.29 is 43.3 Å². The molecule has 0 aliphatic heterocycles. The molecule has 1 aromatic rings. The minimum atomic E-state index is -1.05. The number of unbranched alkanes of at least 4 members (excludes halogenated alkanes) is 7. The van der Waals surface area contributed by atoms with Crippen LogP contribution in [0.5, 0.6) is 5.75 Å². The number of ether oxygens (including phenoxy) is 3. The predicted octanol–water partition coefficient (Wildman–Crippen LogP) is 2.21. The normalized spacial score (nSPS) is 13.6. The third kappa shape index (κ3) is 22.2. The number of Topliss-reactive ketones (excluding diaryl/α,β-unsaturated/α-hetero) is 2. The first-order valence-electron chi connectivity index (χ1n) is 18.3. The van der Waals surface area contributed by atoms with Crippen molar-refractivity contribution in [3.05, 3.63) is 29.8 Å². The van der Waals surface area contributed by atoms with Crippen LogP contribution in [0.25, 0.3) is 0 Å². The summed E-state index contributed by atoms with van der Waals surface area (Å²) >= 11 is 0. The number of amides is 3. The third-order valence-corrected chi connectivity index (χ3v) is 8.44. The summed E-state index contributed by atoms with van der Waals surface area (Å²) in [5.41, 5.74) is 12.4. The maximum atomic E-state index is 13.4. The van der Waals surface area contributed by atoms with E-state index < -0.39 is 41.9 Å². The molecule has 0 spiro atoms. The van der Waals surface area contributed by atoms with Crippen LogP contribution in [0.2, 0.25) is 0 Å². The van der Waals surface area contributed by atoms with Gasteiger partial charge in [0, 0.05) is 20.0 Å². The lowest BCUT2D eigenvalue weighted by atomic mass is 10.0. The fraction of sp³-hybridized carbons (Fsp3) is 0.703. The van der Waals surface area contributed by atoms with E-state index >= 15 is 0 Å². The molecule has 1 rings (SSSR count). The molecular weight excluding hydrogens is 658 g/mol. The number of carbonyl (C=O) groups excluding carboxylic acids is 5. The standard InChI is InChI=1S/C37H63N5O9/c1-4-5-6-7-8-12-15-32(35(39)46)40-25-34(45)27(2)41-37(48)33(24-28-16-18-29(43)19-17-28)42-36(47)31(38)14-11-9-10-13-30(44)26-51-23-22-50-21-20-49-3/h16-19,27,31-33,40,43H,4-15,20-26,38H2,1-3H3,(H2,39,46)(H,41,48)(H,42,47)/t27-,31+,32?,33+/m1/s1. The first-order valence-corrected chi connectivity index (χ1v) is 18.3. The van der Waals surface area contributed by atoms with Crippen molar-refractivity contribution in [1.29, 1.82) is 0 Å². The molecule has 14 nitrogen and oxygen atoms in total. The number of aromatic hydroxyl groups is 1. The Bertz CT molecular complexity index is 1150. The Morgan fingerprint density at radius 1 is 0.784 bits per heavy atom. The number of ketones is 2. The highest BCUT2D eigenvalue weighted by Crippen LogP contribution is 2.13. The van der Waals surface area contributed by atoms with Gasteiger partial charge in [0.2, 0.25) is 17.7 Å². The lowest BCUT2D eigenvalue weighted by Crippen LogP contribution is -2.55. The molecule has 290 valence electrons. The van der Waals surface area contributed by atoms with Gasteiger partial charge < -0.3 is 41.4 Å². The van der Waals surface area contributed by atoms with Gasteiger partial charge in [-0.3, -0.25) is 29.3 Å². The van der Waals surface area contributed by atoms with E-state index in [1.54, 1.807) is 19.2 Å². The van der Waals surface area contributed by atoms with Crippen LogP contribution in [0.1, 0.15) is 96.5 Å². The van der Waals surface area contributed by atoms with Crippen molar-refractivity contribution in [2.45, 2.75) is 121 Å². The van der Waals surface area contributed by atoms with Gasteiger partial charge in [0.15, 0.2) is 11.6 Å². The molecular formula is C37H63N5O9. The zero-order chi connectivity index (χ0) is 37.9. The Balaban J connectivity index is 2.59. The van der Waals surface area contributed by atoms with Crippen LogP contribution in [0.3, 0.4) is 0 Å². The number of primary amides is 1. The molecule has 0 saturated carbocycles. The summed E-state index contributed by atoms with van der Waals surface area (Å²) in [4.78, 5) is 63.4. The molecule has 0 aliphatic carbocycles. The van der Waals surface area contributed by atoms with Crippen molar-refractivity contribution in [1.82, 2.24) is 16.0 Å². The smallest absolute Gasteiger partial charge is 0.243 e. The average Bonchev–Trinajstić information content (AvgIpc) is 3.10. The van der Waals surface area contributed by atoms with Crippen molar-refractivity contribution in [2.75, 3.05) is 46.7 Å². The minimum Gasteiger partial charge on any atom is -0.508 e. The summed E-state index contributed by atoms with van der Waals surface area (Å²) < 4.78 is 15.5. The van der Waals surface area contributed by atoms with Gasteiger partial charge in [-0.1, -0.05) is 70.4 Å².